The van der Waals surface area contributed by atoms with Crippen molar-refractivity contribution in [1.29, 1.82) is 0 Å². The van der Waals surface area contributed by atoms with Crippen LogP contribution in [0, 0.1) is 47.4 Å². The normalized spacial score (nSPS) is 14.4. The first-order valence-electron chi connectivity index (χ1n) is 34.9. The molecular weight excluding hydrogens is 1400 g/mol. The standard InChI is InChI=1S/C24H24N4O4.2C18H20N4O4.C17H18N4O4/c29-24(25-30)20-12-7-13-21(28(31)32)23(20)27-16-14-26(15-17-27)22(18-8-3-1-4-9-18)19-10-5-2-6-11-19;1-13-3-2-4-14(11-13)20-7-9-21(10-8-20)17-6-5-15(22(25)26)12-16(17)18(23)19-24;23-18(19-24)16-12-15(22(25)26)6-7-17(16)21-10-8-20(9-11-21)13-14-4-2-1-3-5-14;22-17(18-23)14-7-4-8-15(21(24)25)16(14)20-11-9-19(10-12-20)13-5-2-1-3-6-13/h1-13,22,30H,14-17H2,(H,25,29);2-6,11-12,24H,7-10H2,1H3,(H,19,23);1-7,12,24H,8-11,13H2,(H,19,23);1-8,23H,9-12H2,(H,18,22). The Morgan fingerprint density at radius 2 is 0.706 bits per heavy atom. The van der Waals surface area contributed by atoms with E-state index < -0.39 is 43.3 Å². The Kier molecular flexibility index (Phi) is 27.3. The largest absolute Gasteiger partial charge is 0.368 e. The SMILES string of the molecule is Cc1cccc(N2CCN(c3ccc([N+](=O)[O-])cc3C(=O)NO)CC2)c1.O=C(NO)c1cc([N+](=O)[O-])ccc1N1CCN(Cc2ccccc2)CC1.O=C(NO)c1cccc([N+](=O)[O-])c1N1CCN(C(c2ccccc2)c2ccccc2)CC1.O=C(NO)c1cccc([N+](=O)[O-])c1N1CCN(c2ccccc2)CC1. The van der Waals surface area contributed by atoms with Crippen LogP contribution in [0.1, 0.15) is 69.7 Å². The van der Waals surface area contributed by atoms with Crippen molar-refractivity contribution < 1.29 is 59.7 Å². The fourth-order valence-electron chi connectivity index (χ4n) is 13.8. The van der Waals surface area contributed by atoms with Gasteiger partial charge in [-0.25, -0.2) is 21.9 Å². The Bertz CT molecular complexity index is 4600. The molecule has 0 atom stereocenters. The van der Waals surface area contributed by atoms with E-state index in [0.717, 1.165) is 44.1 Å². The fraction of sp³-hybridized carbons (Fsp3) is 0.247. The maximum atomic E-state index is 12.2. The Hall–Kier alpha value is -13.0. The zero-order chi connectivity index (χ0) is 77.5. The molecule has 32 heteroatoms. The number of benzene rings is 9. The van der Waals surface area contributed by atoms with Gasteiger partial charge in [0.2, 0.25) is 0 Å². The van der Waals surface area contributed by atoms with Crippen LogP contribution in [0.25, 0.3) is 0 Å². The molecule has 0 spiro atoms. The highest BCUT2D eigenvalue weighted by molar-refractivity contribution is 6.03. The van der Waals surface area contributed by atoms with E-state index in [4.69, 9.17) is 20.8 Å². The second-order valence-electron chi connectivity index (χ2n) is 25.7. The molecule has 0 bridgehead atoms. The van der Waals surface area contributed by atoms with Crippen molar-refractivity contribution >= 4 is 80.5 Å². The maximum absolute atomic E-state index is 12.2. The number of para-hydroxylation sites is 3. The number of carbonyl (C=O) groups is 4. The second kappa shape index (κ2) is 37.8. The van der Waals surface area contributed by atoms with E-state index in [9.17, 15) is 59.6 Å². The van der Waals surface area contributed by atoms with Gasteiger partial charge in [0, 0.05) is 159 Å². The van der Waals surface area contributed by atoms with Gasteiger partial charge < -0.3 is 29.4 Å². The van der Waals surface area contributed by atoms with Gasteiger partial charge in [-0.15, -0.1) is 0 Å². The van der Waals surface area contributed by atoms with Crippen LogP contribution in [0.5, 0.6) is 0 Å². The van der Waals surface area contributed by atoms with E-state index in [1.165, 1.54) is 82.9 Å². The van der Waals surface area contributed by atoms with Crippen molar-refractivity contribution in [1.82, 2.24) is 31.7 Å². The second-order valence-corrected chi connectivity index (χ2v) is 25.7. The highest BCUT2D eigenvalue weighted by Crippen LogP contribution is 2.38. The molecule has 0 saturated carbocycles. The quantitative estimate of drug-likeness (QED) is 0.0212. The Morgan fingerprint density at radius 3 is 1.11 bits per heavy atom. The molecule has 13 rings (SSSR count). The number of non-ortho nitro benzene ring substituents is 2. The van der Waals surface area contributed by atoms with Crippen molar-refractivity contribution in [2.24, 2.45) is 0 Å². The van der Waals surface area contributed by atoms with Crippen LogP contribution in [-0.2, 0) is 6.54 Å². The van der Waals surface area contributed by atoms with Crippen molar-refractivity contribution in [3.05, 3.63) is 303 Å². The van der Waals surface area contributed by atoms with Crippen LogP contribution >= 0.6 is 0 Å². The number of hydroxylamine groups is 4. The first-order valence-corrected chi connectivity index (χ1v) is 34.9. The van der Waals surface area contributed by atoms with E-state index in [2.05, 4.69) is 81.1 Å². The summed E-state index contributed by atoms with van der Waals surface area (Å²) in [7, 11) is 0. The monoisotopic (exact) mass is 1490 g/mol. The van der Waals surface area contributed by atoms with Crippen LogP contribution in [0.2, 0.25) is 0 Å². The number of amides is 4. The summed E-state index contributed by atoms with van der Waals surface area (Å²) in [5.74, 6) is -3.04. The van der Waals surface area contributed by atoms with Gasteiger partial charge >= 0.3 is 0 Å². The van der Waals surface area contributed by atoms with Crippen LogP contribution in [0.4, 0.5) is 56.9 Å². The van der Waals surface area contributed by atoms with Crippen LogP contribution < -0.4 is 51.3 Å². The molecule has 0 radical (unpaired) electrons. The number of piperazine rings is 4. The Morgan fingerprint density at radius 1 is 0.358 bits per heavy atom. The number of hydrogen-bond acceptors (Lipinski definition) is 24. The summed E-state index contributed by atoms with van der Waals surface area (Å²) in [4.78, 5) is 108. The first kappa shape index (κ1) is 78.6. The van der Waals surface area contributed by atoms with E-state index in [1.54, 1.807) is 34.1 Å². The smallest absolute Gasteiger partial charge is 0.293 e. The molecule has 0 aliphatic carbocycles. The van der Waals surface area contributed by atoms with Crippen molar-refractivity contribution in [3.8, 4) is 0 Å². The summed E-state index contributed by atoms with van der Waals surface area (Å²) in [6.45, 7) is 13.5. The van der Waals surface area contributed by atoms with Crippen LogP contribution in [-0.4, -0.2) is 179 Å². The summed E-state index contributed by atoms with van der Waals surface area (Å²) in [6, 6.07) is 65.8. The van der Waals surface area contributed by atoms with Crippen molar-refractivity contribution in [2.45, 2.75) is 19.5 Å². The van der Waals surface area contributed by atoms with Crippen molar-refractivity contribution in [2.75, 3.05) is 134 Å². The van der Waals surface area contributed by atoms with Gasteiger partial charge in [-0.1, -0.05) is 133 Å². The molecule has 4 aliphatic heterocycles. The highest BCUT2D eigenvalue weighted by Gasteiger charge is 2.34. The summed E-state index contributed by atoms with van der Waals surface area (Å²) in [6.07, 6.45) is 0. The third-order valence-electron chi connectivity index (χ3n) is 19.1. The molecule has 4 fully saturated rings. The van der Waals surface area contributed by atoms with E-state index >= 15 is 0 Å². The predicted octanol–water partition coefficient (Wildman–Crippen LogP) is 10.1. The molecular formula is C77H82N16O16. The molecule has 9 aromatic rings. The molecule has 4 amide bonds. The molecule has 32 nitrogen and oxygen atoms in total. The number of hydrogen-bond donors (Lipinski definition) is 8. The lowest BCUT2D eigenvalue weighted by molar-refractivity contribution is -0.385. The molecule has 0 aromatic heterocycles. The predicted molar refractivity (Wildman–Crippen MR) is 408 cm³/mol. The molecule has 8 N–H and O–H groups in total. The summed E-state index contributed by atoms with van der Waals surface area (Å²) in [5.41, 5.74) is 14.7. The molecule has 4 heterocycles. The Labute approximate surface area is 626 Å². The van der Waals surface area contributed by atoms with Gasteiger partial charge in [-0.2, -0.15) is 0 Å². The average Bonchev–Trinajstić information content (AvgIpc) is 0.792. The van der Waals surface area contributed by atoms with Gasteiger partial charge in [-0.05, 0) is 77.7 Å². The first-order chi connectivity index (χ1) is 52.8. The number of rotatable bonds is 19. The number of carbonyl (C=O) groups excluding carboxylic acids is 4. The number of anilines is 6. The van der Waals surface area contributed by atoms with Gasteiger partial charge in [0.1, 0.15) is 11.4 Å². The number of aryl methyl sites for hydroxylation is 1. The van der Waals surface area contributed by atoms with Crippen molar-refractivity contribution in [3.63, 3.8) is 0 Å². The number of nitrogens with one attached hydrogen (secondary N) is 4. The lowest BCUT2D eigenvalue weighted by Crippen LogP contribution is -2.48. The minimum Gasteiger partial charge on any atom is -0.368 e. The number of nitro groups is 4. The lowest BCUT2D eigenvalue weighted by Gasteiger charge is -2.40. The van der Waals surface area contributed by atoms with Gasteiger partial charge in [0.25, 0.3) is 46.4 Å². The molecule has 0 unspecified atom stereocenters. The third kappa shape index (κ3) is 19.9. The maximum Gasteiger partial charge on any atom is 0.293 e. The van der Waals surface area contributed by atoms with Gasteiger partial charge in [0.15, 0.2) is 0 Å². The van der Waals surface area contributed by atoms with Gasteiger partial charge in [0.05, 0.1) is 59.4 Å². The average molecular weight is 1490 g/mol. The number of nitrogens with zero attached hydrogens (tertiary/aromatic N) is 12. The zero-order valence-electron chi connectivity index (χ0n) is 59.4. The lowest BCUT2D eigenvalue weighted by atomic mass is 9.96. The fourth-order valence-corrected chi connectivity index (χ4v) is 13.8. The van der Waals surface area contributed by atoms with Crippen LogP contribution in [0.15, 0.2) is 218 Å². The minimum absolute atomic E-state index is 0.0607. The van der Waals surface area contributed by atoms with E-state index in [-0.39, 0.29) is 62.4 Å². The summed E-state index contributed by atoms with van der Waals surface area (Å²) in [5, 5.41) is 80.9. The topological polar surface area (TPSA) is 396 Å². The highest BCUT2D eigenvalue weighted by atomic mass is 16.6. The van der Waals surface area contributed by atoms with Crippen LogP contribution in [0.3, 0.4) is 0 Å². The van der Waals surface area contributed by atoms with Gasteiger partial charge in [-0.3, -0.25) is 90.3 Å². The molecule has 566 valence electrons. The number of nitro benzene ring substituents is 4. The summed E-state index contributed by atoms with van der Waals surface area (Å²) >= 11 is 0. The zero-order valence-corrected chi connectivity index (χ0v) is 59.4. The minimum atomic E-state index is -0.766. The summed E-state index contributed by atoms with van der Waals surface area (Å²) < 4.78 is 0. The molecule has 4 aliphatic rings. The van der Waals surface area contributed by atoms with E-state index in [0.29, 0.717) is 89.9 Å². The molecule has 109 heavy (non-hydrogen) atoms. The third-order valence-corrected chi connectivity index (χ3v) is 19.1. The molecule has 9 aromatic carbocycles. The molecule has 4 saturated heterocycles. The van der Waals surface area contributed by atoms with E-state index in [1.807, 2.05) is 111 Å². The Balaban J connectivity index is 0.000000156.